The van der Waals surface area contributed by atoms with Gasteiger partial charge in [0, 0.05) is 26.2 Å². The van der Waals surface area contributed by atoms with Crippen molar-refractivity contribution < 1.29 is 22.4 Å². The summed E-state index contributed by atoms with van der Waals surface area (Å²) in [6.45, 7) is 4.54. The lowest BCUT2D eigenvalue weighted by Crippen LogP contribution is -2.57. The van der Waals surface area contributed by atoms with Gasteiger partial charge >= 0.3 is 0 Å². The van der Waals surface area contributed by atoms with Crippen molar-refractivity contribution >= 4 is 44.8 Å². The van der Waals surface area contributed by atoms with Gasteiger partial charge in [-0.15, -0.1) is 11.3 Å². The van der Waals surface area contributed by atoms with E-state index in [4.69, 9.17) is 16.0 Å². The molecule has 0 unspecified atom stereocenters. The number of hydrogen-bond donors (Lipinski definition) is 1. The van der Waals surface area contributed by atoms with E-state index in [9.17, 15) is 18.0 Å². The quantitative estimate of drug-likeness (QED) is 0.714. The summed E-state index contributed by atoms with van der Waals surface area (Å²) < 4.78 is 32.4. The van der Waals surface area contributed by atoms with E-state index in [-0.39, 0.29) is 48.0 Å². The van der Waals surface area contributed by atoms with E-state index in [1.165, 1.54) is 22.7 Å². The number of sulfonamides is 1. The number of carbonyl (C=O) groups excluding carboxylic acids is 2. The molecule has 0 aliphatic carbocycles. The summed E-state index contributed by atoms with van der Waals surface area (Å²) >= 11 is 6.86. The summed E-state index contributed by atoms with van der Waals surface area (Å²) in [5.41, 5.74) is 0. The van der Waals surface area contributed by atoms with Crippen LogP contribution in [-0.4, -0.2) is 61.7 Å². The first-order valence-electron chi connectivity index (χ1n) is 9.09. The van der Waals surface area contributed by atoms with Gasteiger partial charge in [-0.3, -0.25) is 9.59 Å². The Balaban J connectivity index is 1.64. The van der Waals surface area contributed by atoms with Crippen LogP contribution < -0.4 is 5.32 Å². The first-order chi connectivity index (χ1) is 13.7. The van der Waals surface area contributed by atoms with Crippen molar-refractivity contribution in [1.82, 2.24) is 14.5 Å². The van der Waals surface area contributed by atoms with Crippen molar-refractivity contribution in [2.75, 3.05) is 26.2 Å². The summed E-state index contributed by atoms with van der Waals surface area (Å²) in [6, 6.07) is 5.43. The van der Waals surface area contributed by atoms with Gasteiger partial charge in [0.2, 0.25) is 5.91 Å². The number of furan rings is 1. The van der Waals surface area contributed by atoms with Crippen LogP contribution in [0.15, 0.2) is 39.2 Å². The number of piperazine rings is 1. The smallest absolute Gasteiger partial charge is 0.287 e. The molecule has 11 heteroatoms. The molecule has 1 fully saturated rings. The van der Waals surface area contributed by atoms with Gasteiger partial charge in [-0.1, -0.05) is 25.4 Å². The summed E-state index contributed by atoms with van der Waals surface area (Å²) in [7, 11) is -3.63. The van der Waals surface area contributed by atoms with Crippen LogP contribution in [0.25, 0.3) is 0 Å². The Morgan fingerprint density at radius 1 is 1.17 bits per heavy atom. The predicted molar refractivity (Wildman–Crippen MR) is 109 cm³/mol. The molecule has 1 aliphatic heterocycles. The zero-order valence-corrected chi connectivity index (χ0v) is 18.4. The van der Waals surface area contributed by atoms with Crippen molar-refractivity contribution in [2.45, 2.75) is 24.1 Å². The van der Waals surface area contributed by atoms with Gasteiger partial charge in [-0.05, 0) is 30.2 Å². The Bertz CT molecular complexity index is 964. The van der Waals surface area contributed by atoms with Gasteiger partial charge in [0.05, 0.1) is 10.6 Å². The van der Waals surface area contributed by atoms with Crippen molar-refractivity contribution in [2.24, 2.45) is 5.92 Å². The molecule has 0 spiro atoms. The number of nitrogens with zero attached hydrogens (tertiary/aromatic N) is 2. The van der Waals surface area contributed by atoms with Crippen LogP contribution in [0, 0.1) is 5.92 Å². The Labute approximate surface area is 178 Å². The van der Waals surface area contributed by atoms with Crippen LogP contribution >= 0.6 is 22.9 Å². The average molecular weight is 460 g/mol. The molecule has 158 valence electrons. The zero-order valence-electron chi connectivity index (χ0n) is 16.0. The molecule has 2 aromatic heterocycles. The van der Waals surface area contributed by atoms with Crippen LogP contribution in [0.1, 0.15) is 24.4 Å². The Hall–Kier alpha value is -1.88. The molecule has 1 atom stereocenters. The molecule has 29 heavy (non-hydrogen) atoms. The average Bonchev–Trinajstić information content (AvgIpc) is 3.37. The topological polar surface area (TPSA) is 99.9 Å². The third-order valence-corrected chi connectivity index (χ3v) is 8.25. The minimum atomic E-state index is -3.63. The van der Waals surface area contributed by atoms with Crippen LogP contribution in [0.3, 0.4) is 0 Å². The van der Waals surface area contributed by atoms with E-state index in [0.717, 1.165) is 11.3 Å². The molecule has 1 saturated heterocycles. The molecule has 3 rings (SSSR count). The second kappa shape index (κ2) is 8.86. The fourth-order valence-corrected chi connectivity index (χ4v) is 6.10. The molecule has 0 bridgehead atoms. The molecule has 0 radical (unpaired) electrons. The molecule has 0 saturated carbocycles. The van der Waals surface area contributed by atoms with E-state index in [1.807, 2.05) is 13.8 Å². The zero-order chi connectivity index (χ0) is 21.2. The maximum Gasteiger partial charge on any atom is 0.287 e. The van der Waals surface area contributed by atoms with Crippen LogP contribution in [0.4, 0.5) is 0 Å². The molecule has 3 heterocycles. The highest BCUT2D eigenvalue weighted by Gasteiger charge is 2.35. The largest absolute Gasteiger partial charge is 0.459 e. The van der Waals surface area contributed by atoms with Gasteiger partial charge in [0.15, 0.2) is 5.76 Å². The number of carbonyl (C=O) groups is 2. The van der Waals surface area contributed by atoms with Gasteiger partial charge < -0.3 is 14.6 Å². The fraction of sp³-hybridized carbons (Fsp3) is 0.444. The Morgan fingerprint density at radius 3 is 2.38 bits per heavy atom. The standard InChI is InChI=1S/C18H22ClN3O5S2/c1-12(2)16(20-17(23)13-4-3-11-27-13)18(24)21-7-9-22(10-8-21)29(25,26)15-6-5-14(19)28-15/h3-6,11-12,16H,7-10H2,1-2H3,(H,20,23)/t16-/m0/s1. The van der Waals surface area contributed by atoms with Gasteiger partial charge in [0.25, 0.3) is 15.9 Å². The summed E-state index contributed by atoms with van der Waals surface area (Å²) in [5.74, 6) is -0.709. The van der Waals surface area contributed by atoms with E-state index in [2.05, 4.69) is 5.32 Å². The second-order valence-electron chi connectivity index (χ2n) is 6.96. The number of thiophene rings is 1. The highest BCUT2D eigenvalue weighted by molar-refractivity contribution is 7.91. The van der Waals surface area contributed by atoms with E-state index in [1.54, 1.807) is 17.0 Å². The third-order valence-electron chi connectivity index (χ3n) is 4.66. The van der Waals surface area contributed by atoms with Crippen LogP contribution in [-0.2, 0) is 14.8 Å². The molecule has 1 N–H and O–H groups in total. The van der Waals surface area contributed by atoms with Gasteiger partial charge in [-0.2, -0.15) is 4.31 Å². The van der Waals surface area contributed by atoms with Crippen molar-refractivity contribution in [1.29, 1.82) is 0 Å². The molecule has 1 aliphatic rings. The number of hydrogen-bond acceptors (Lipinski definition) is 6. The molecule has 2 aromatic rings. The molecular formula is C18H22ClN3O5S2. The monoisotopic (exact) mass is 459 g/mol. The predicted octanol–water partition coefficient (Wildman–Crippen LogP) is 2.28. The lowest BCUT2D eigenvalue weighted by Gasteiger charge is -2.36. The molecular weight excluding hydrogens is 438 g/mol. The highest BCUT2D eigenvalue weighted by Crippen LogP contribution is 2.28. The first kappa shape index (κ1) is 21.8. The summed E-state index contributed by atoms with van der Waals surface area (Å²) in [6.07, 6.45) is 1.39. The van der Waals surface area contributed by atoms with E-state index < -0.39 is 22.0 Å². The third kappa shape index (κ3) is 4.82. The lowest BCUT2D eigenvalue weighted by molar-refractivity contribution is -0.135. The van der Waals surface area contributed by atoms with Crippen LogP contribution in [0.2, 0.25) is 4.34 Å². The normalized spacial score (nSPS) is 16.8. The van der Waals surface area contributed by atoms with Crippen molar-refractivity contribution in [3.05, 3.63) is 40.6 Å². The maximum atomic E-state index is 13.0. The minimum absolute atomic E-state index is 0.133. The maximum absolute atomic E-state index is 13.0. The molecule has 2 amide bonds. The molecule has 0 aromatic carbocycles. The van der Waals surface area contributed by atoms with Gasteiger partial charge in [-0.25, -0.2) is 8.42 Å². The Morgan fingerprint density at radius 2 is 1.86 bits per heavy atom. The van der Waals surface area contributed by atoms with Crippen molar-refractivity contribution in [3.63, 3.8) is 0 Å². The second-order valence-corrected chi connectivity index (χ2v) is 10.8. The number of amides is 2. The van der Waals surface area contributed by atoms with E-state index >= 15 is 0 Å². The van der Waals surface area contributed by atoms with Gasteiger partial charge in [0.1, 0.15) is 10.3 Å². The van der Waals surface area contributed by atoms with Crippen molar-refractivity contribution in [3.8, 4) is 0 Å². The fourth-order valence-electron chi connectivity index (χ4n) is 3.04. The highest BCUT2D eigenvalue weighted by atomic mass is 35.5. The number of halogens is 1. The first-order valence-corrected chi connectivity index (χ1v) is 11.7. The molecule has 8 nitrogen and oxygen atoms in total. The summed E-state index contributed by atoms with van der Waals surface area (Å²) in [4.78, 5) is 26.8. The van der Waals surface area contributed by atoms with E-state index in [0.29, 0.717) is 4.34 Å². The number of nitrogens with one attached hydrogen (secondary N) is 1. The number of rotatable bonds is 6. The minimum Gasteiger partial charge on any atom is -0.459 e. The summed E-state index contributed by atoms with van der Waals surface area (Å²) in [5, 5.41) is 2.72. The SMILES string of the molecule is CC(C)[C@H](NC(=O)c1ccco1)C(=O)N1CCN(S(=O)(=O)c2ccc(Cl)s2)CC1. The Kier molecular flexibility index (Phi) is 6.67. The van der Waals surface area contributed by atoms with Crippen LogP contribution in [0.5, 0.6) is 0 Å². The lowest BCUT2D eigenvalue weighted by atomic mass is 10.0.